The van der Waals surface area contributed by atoms with Gasteiger partial charge in [-0.05, 0) is 25.5 Å². The number of hydrogen-bond donors (Lipinski definition) is 2. The number of para-hydroxylation sites is 1. The average molecular weight is 294 g/mol. The second-order valence-corrected chi connectivity index (χ2v) is 4.75. The van der Waals surface area contributed by atoms with Crippen LogP contribution < -0.4 is 5.32 Å². The molecule has 21 heavy (non-hydrogen) atoms. The molecule has 0 saturated heterocycles. The monoisotopic (exact) mass is 294 g/mol. The summed E-state index contributed by atoms with van der Waals surface area (Å²) in [5.74, 6) is -0.934. The van der Waals surface area contributed by atoms with E-state index in [1.165, 1.54) is 0 Å². The number of hydrogen-bond acceptors (Lipinski definition) is 3. The summed E-state index contributed by atoms with van der Waals surface area (Å²) in [6.45, 7) is 4.76. The number of nitrogens with one attached hydrogen (secondary N) is 1. The van der Waals surface area contributed by atoms with Crippen LogP contribution in [-0.2, 0) is 16.0 Å². The number of carboxylic acids is 1. The number of rotatable bonds is 7. The zero-order chi connectivity index (χ0) is 15.8. The van der Waals surface area contributed by atoms with Gasteiger partial charge in [0, 0.05) is 19.3 Å². The van der Waals surface area contributed by atoms with Crippen molar-refractivity contribution >= 4 is 17.7 Å². The van der Waals surface area contributed by atoms with Gasteiger partial charge in [0.1, 0.15) is 0 Å². The summed E-state index contributed by atoms with van der Waals surface area (Å²) in [7, 11) is 1.59. The van der Waals surface area contributed by atoms with Gasteiger partial charge >= 0.3 is 12.0 Å². The number of carboxylic acid groups (broad SMARTS) is 1. The first kappa shape index (κ1) is 17.0. The predicted octanol–water partition coefficient (Wildman–Crippen LogP) is 2.20. The molecule has 0 aliphatic heterocycles. The van der Waals surface area contributed by atoms with Gasteiger partial charge in [-0.3, -0.25) is 4.79 Å². The minimum absolute atomic E-state index is 0.0633. The normalized spacial score (nSPS) is 11.8. The van der Waals surface area contributed by atoms with Gasteiger partial charge < -0.3 is 20.1 Å². The molecule has 0 aliphatic carbocycles. The zero-order valence-corrected chi connectivity index (χ0v) is 12.6. The number of carbonyl (C=O) groups excluding carboxylic acids is 1. The number of carbonyl (C=O) groups is 2. The Bertz CT molecular complexity index is 490. The van der Waals surface area contributed by atoms with Crippen molar-refractivity contribution in [3.63, 3.8) is 0 Å². The van der Waals surface area contributed by atoms with Crippen molar-refractivity contribution in [3.05, 3.63) is 29.8 Å². The molecule has 0 heterocycles. The van der Waals surface area contributed by atoms with E-state index in [1.807, 2.05) is 13.8 Å². The predicted molar refractivity (Wildman–Crippen MR) is 80.5 cm³/mol. The Kier molecular flexibility index (Phi) is 6.68. The van der Waals surface area contributed by atoms with Crippen molar-refractivity contribution < 1.29 is 19.4 Å². The van der Waals surface area contributed by atoms with Crippen LogP contribution >= 0.6 is 0 Å². The molecule has 1 aromatic rings. The summed E-state index contributed by atoms with van der Waals surface area (Å²) in [6, 6.07) is 6.57. The highest BCUT2D eigenvalue weighted by Gasteiger charge is 2.19. The summed E-state index contributed by atoms with van der Waals surface area (Å²) in [6.07, 6.45) is -0.129. The maximum Gasteiger partial charge on any atom is 0.322 e. The molecule has 1 atom stereocenters. The number of aliphatic carboxylic acids is 1. The Hall–Kier alpha value is -2.08. The van der Waals surface area contributed by atoms with E-state index in [4.69, 9.17) is 9.84 Å². The lowest BCUT2D eigenvalue weighted by Gasteiger charge is -2.28. The van der Waals surface area contributed by atoms with E-state index in [-0.39, 0.29) is 18.5 Å². The van der Waals surface area contributed by atoms with Gasteiger partial charge in [-0.15, -0.1) is 0 Å². The molecule has 0 aliphatic rings. The van der Waals surface area contributed by atoms with E-state index in [9.17, 15) is 9.59 Å². The Morgan fingerprint density at radius 2 is 2.05 bits per heavy atom. The third-order valence-electron chi connectivity index (χ3n) is 3.14. The second-order valence-electron chi connectivity index (χ2n) is 4.75. The van der Waals surface area contributed by atoms with Crippen LogP contribution in [-0.4, -0.2) is 48.3 Å². The van der Waals surface area contributed by atoms with Crippen LogP contribution in [0.4, 0.5) is 10.5 Å². The third-order valence-corrected chi connectivity index (χ3v) is 3.14. The fourth-order valence-electron chi connectivity index (χ4n) is 2.13. The molecule has 6 nitrogen and oxygen atoms in total. The van der Waals surface area contributed by atoms with Gasteiger partial charge in [-0.2, -0.15) is 0 Å². The van der Waals surface area contributed by atoms with Crippen molar-refractivity contribution in [3.8, 4) is 0 Å². The first-order chi connectivity index (χ1) is 9.99. The molecule has 116 valence electrons. The molecular weight excluding hydrogens is 272 g/mol. The van der Waals surface area contributed by atoms with Crippen molar-refractivity contribution in [1.29, 1.82) is 0 Å². The van der Waals surface area contributed by atoms with Gasteiger partial charge in [0.2, 0.25) is 0 Å². The molecule has 1 rings (SSSR count). The molecular formula is C15H22N2O4. The standard InChI is InChI=1S/C15H22N2O4/c1-4-17(11(2)10-21-3)15(20)16-13-8-6-5-7-12(13)9-14(18)19/h5-8,11H,4,9-10H2,1-3H3,(H,16,20)(H,18,19). The van der Waals surface area contributed by atoms with Crippen molar-refractivity contribution in [2.45, 2.75) is 26.3 Å². The van der Waals surface area contributed by atoms with E-state index in [0.717, 1.165) is 0 Å². The smallest absolute Gasteiger partial charge is 0.322 e. The SMILES string of the molecule is CCN(C(=O)Nc1ccccc1CC(=O)O)C(C)COC. The average Bonchev–Trinajstić information content (AvgIpc) is 2.41. The number of anilines is 1. The Balaban J connectivity index is 2.84. The lowest BCUT2D eigenvalue weighted by molar-refractivity contribution is -0.136. The number of amides is 2. The molecule has 0 saturated carbocycles. The number of ether oxygens (including phenoxy) is 1. The number of methoxy groups -OCH3 is 1. The molecule has 0 bridgehead atoms. The highest BCUT2D eigenvalue weighted by Crippen LogP contribution is 2.17. The molecule has 0 spiro atoms. The lowest BCUT2D eigenvalue weighted by atomic mass is 10.1. The molecule has 6 heteroatoms. The summed E-state index contributed by atoms with van der Waals surface area (Å²) in [5, 5.41) is 11.7. The summed E-state index contributed by atoms with van der Waals surface area (Å²) in [5.41, 5.74) is 1.10. The minimum Gasteiger partial charge on any atom is -0.481 e. The van der Waals surface area contributed by atoms with Crippen molar-refractivity contribution in [1.82, 2.24) is 4.90 Å². The van der Waals surface area contributed by atoms with E-state index >= 15 is 0 Å². The number of urea groups is 1. The largest absolute Gasteiger partial charge is 0.481 e. The van der Waals surface area contributed by atoms with Crippen molar-refractivity contribution in [2.75, 3.05) is 25.6 Å². The molecule has 1 unspecified atom stereocenters. The van der Waals surface area contributed by atoms with Gasteiger partial charge in [0.15, 0.2) is 0 Å². The summed E-state index contributed by atoms with van der Waals surface area (Å²) < 4.78 is 5.06. The van der Waals surface area contributed by atoms with E-state index < -0.39 is 5.97 Å². The Labute approximate surface area is 124 Å². The Morgan fingerprint density at radius 3 is 2.62 bits per heavy atom. The molecule has 2 amide bonds. The topological polar surface area (TPSA) is 78.9 Å². The zero-order valence-electron chi connectivity index (χ0n) is 12.6. The highest BCUT2D eigenvalue weighted by molar-refractivity contribution is 5.91. The molecule has 1 aromatic carbocycles. The molecule has 0 aromatic heterocycles. The van der Waals surface area contributed by atoms with E-state index in [0.29, 0.717) is 24.4 Å². The highest BCUT2D eigenvalue weighted by atomic mass is 16.5. The minimum atomic E-state index is -0.934. The third kappa shape index (κ3) is 5.07. The fourth-order valence-corrected chi connectivity index (χ4v) is 2.13. The van der Waals surface area contributed by atoms with Crippen LogP contribution in [0.1, 0.15) is 19.4 Å². The van der Waals surface area contributed by atoms with Gasteiger partial charge in [-0.25, -0.2) is 4.79 Å². The van der Waals surface area contributed by atoms with Crippen LogP contribution in [0.5, 0.6) is 0 Å². The van der Waals surface area contributed by atoms with E-state index in [1.54, 1.807) is 36.3 Å². The second kappa shape index (κ2) is 8.26. The number of benzene rings is 1. The molecule has 0 radical (unpaired) electrons. The number of likely N-dealkylation sites (N-methyl/N-ethyl adjacent to an activating group) is 1. The van der Waals surface area contributed by atoms with Crippen LogP contribution in [0, 0.1) is 0 Å². The van der Waals surface area contributed by atoms with Gasteiger partial charge in [-0.1, -0.05) is 18.2 Å². The quantitative estimate of drug-likeness (QED) is 0.808. The lowest BCUT2D eigenvalue weighted by Crippen LogP contribution is -2.43. The summed E-state index contributed by atoms with van der Waals surface area (Å²) in [4.78, 5) is 24.8. The van der Waals surface area contributed by atoms with Gasteiger partial charge in [0.05, 0.1) is 19.1 Å². The number of nitrogens with zero attached hydrogens (tertiary/aromatic N) is 1. The summed E-state index contributed by atoms with van der Waals surface area (Å²) >= 11 is 0. The molecule has 2 N–H and O–H groups in total. The molecule has 0 fully saturated rings. The maximum atomic E-state index is 12.3. The first-order valence-electron chi connectivity index (χ1n) is 6.85. The Morgan fingerprint density at radius 1 is 1.38 bits per heavy atom. The van der Waals surface area contributed by atoms with Crippen LogP contribution in [0.2, 0.25) is 0 Å². The van der Waals surface area contributed by atoms with E-state index in [2.05, 4.69) is 5.32 Å². The maximum absolute atomic E-state index is 12.3. The fraction of sp³-hybridized carbons (Fsp3) is 0.467. The first-order valence-corrected chi connectivity index (χ1v) is 6.85. The van der Waals surface area contributed by atoms with Crippen LogP contribution in [0.25, 0.3) is 0 Å². The van der Waals surface area contributed by atoms with Crippen molar-refractivity contribution in [2.24, 2.45) is 0 Å². The van der Waals surface area contributed by atoms with Gasteiger partial charge in [0.25, 0.3) is 0 Å². The van der Waals surface area contributed by atoms with Crippen LogP contribution in [0.15, 0.2) is 24.3 Å². The van der Waals surface area contributed by atoms with Crippen LogP contribution in [0.3, 0.4) is 0 Å².